The van der Waals surface area contributed by atoms with Crippen molar-refractivity contribution in [2.45, 2.75) is 36.3 Å². The highest BCUT2D eigenvalue weighted by Crippen LogP contribution is 2.46. The van der Waals surface area contributed by atoms with Gasteiger partial charge in [0.1, 0.15) is 0 Å². The molecule has 1 amide bonds. The highest BCUT2D eigenvalue weighted by Gasteiger charge is 2.43. The predicted octanol–water partition coefficient (Wildman–Crippen LogP) is 2.43. The van der Waals surface area contributed by atoms with Gasteiger partial charge in [-0.2, -0.15) is 11.8 Å². The van der Waals surface area contributed by atoms with E-state index in [2.05, 4.69) is 5.32 Å². The van der Waals surface area contributed by atoms with Gasteiger partial charge in [0, 0.05) is 17.7 Å². The zero-order chi connectivity index (χ0) is 15.5. The lowest BCUT2D eigenvalue weighted by Gasteiger charge is -2.25. The molecular weight excluding hydrogens is 286 g/mol. The van der Waals surface area contributed by atoms with Crippen LogP contribution in [-0.2, 0) is 15.0 Å². The molecular formula is C16H21NO3S. The second-order valence-electron chi connectivity index (χ2n) is 5.84. The number of benzene rings is 1. The van der Waals surface area contributed by atoms with Crippen LogP contribution in [0.4, 0.5) is 0 Å². The molecule has 0 bridgehead atoms. The van der Waals surface area contributed by atoms with E-state index in [1.807, 2.05) is 12.3 Å². The number of hydrogen-bond donors (Lipinski definition) is 2. The van der Waals surface area contributed by atoms with Gasteiger partial charge < -0.3 is 10.4 Å². The first-order valence-electron chi connectivity index (χ1n) is 7.03. The summed E-state index contributed by atoms with van der Waals surface area (Å²) in [5.74, 6) is -1.18. The molecule has 0 aliphatic heterocycles. The van der Waals surface area contributed by atoms with Crippen LogP contribution in [-0.4, -0.2) is 34.5 Å². The Bertz CT molecular complexity index is 528. The molecule has 1 aliphatic carbocycles. The van der Waals surface area contributed by atoms with Crippen molar-refractivity contribution >= 4 is 23.6 Å². The Balaban J connectivity index is 2.03. The lowest BCUT2D eigenvalue weighted by molar-refractivity contribution is -0.145. The summed E-state index contributed by atoms with van der Waals surface area (Å²) in [4.78, 5) is 23.8. The first-order valence-corrected chi connectivity index (χ1v) is 8.25. The molecule has 114 valence electrons. The molecule has 5 heteroatoms. The molecule has 1 unspecified atom stereocenters. The number of thioether (sulfide) groups is 1. The fraction of sp³-hybridized carbons (Fsp3) is 0.500. The van der Waals surface area contributed by atoms with Crippen LogP contribution in [0.25, 0.3) is 0 Å². The van der Waals surface area contributed by atoms with E-state index in [1.54, 1.807) is 43.0 Å². The molecule has 0 heterocycles. The minimum Gasteiger partial charge on any atom is -0.481 e. The maximum atomic E-state index is 12.1. The van der Waals surface area contributed by atoms with Gasteiger partial charge in [0.25, 0.3) is 0 Å². The number of aliphatic carboxylic acids is 1. The summed E-state index contributed by atoms with van der Waals surface area (Å²) in [7, 11) is 0. The Morgan fingerprint density at radius 1 is 1.33 bits per heavy atom. The number of carboxylic acid groups (broad SMARTS) is 1. The minimum absolute atomic E-state index is 0.0448. The van der Waals surface area contributed by atoms with E-state index in [1.165, 1.54) is 0 Å². The largest absolute Gasteiger partial charge is 0.481 e. The van der Waals surface area contributed by atoms with E-state index in [-0.39, 0.29) is 17.1 Å². The van der Waals surface area contributed by atoms with Crippen molar-refractivity contribution in [1.82, 2.24) is 5.32 Å². The maximum absolute atomic E-state index is 12.1. The van der Waals surface area contributed by atoms with E-state index >= 15 is 0 Å². The standard InChI is InChI=1S/C16H21NO3S/c1-15(14(19)20,12-6-4-3-5-7-12)10-13(18)17-11-16(21-2)8-9-16/h3-7H,8-11H2,1-2H3,(H,17,18)(H,19,20). The predicted molar refractivity (Wildman–Crippen MR) is 84.5 cm³/mol. The van der Waals surface area contributed by atoms with Crippen molar-refractivity contribution in [3.8, 4) is 0 Å². The van der Waals surface area contributed by atoms with Gasteiger partial charge in [0.15, 0.2) is 0 Å². The molecule has 4 nitrogen and oxygen atoms in total. The van der Waals surface area contributed by atoms with E-state index < -0.39 is 11.4 Å². The molecule has 1 saturated carbocycles. The van der Waals surface area contributed by atoms with Gasteiger partial charge in [-0.05, 0) is 31.6 Å². The Hall–Kier alpha value is -1.49. The summed E-state index contributed by atoms with van der Waals surface area (Å²) >= 11 is 1.77. The van der Waals surface area contributed by atoms with Crippen molar-refractivity contribution < 1.29 is 14.7 Å². The number of rotatable bonds is 7. The Labute approximate surface area is 129 Å². The normalized spacial score (nSPS) is 18.6. The quantitative estimate of drug-likeness (QED) is 0.812. The highest BCUT2D eigenvalue weighted by atomic mass is 32.2. The number of nitrogens with one attached hydrogen (secondary N) is 1. The van der Waals surface area contributed by atoms with Gasteiger partial charge >= 0.3 is 5.97 Å². The third kappa shape index (κ3) is 3.59. The molecule has 2 rings (SSSR count). The van der Waals surface area contributed by atoms with Crippen LogP contribution in [0.3, 0.4) is 0 Å². The highest BCUT2D eigenvalue weighted by molar-refractivity contribution is 8.00. The van der Waals surface area contributed by atoms with Gasteiger partial charge in [-0.15, -0.1) is 0 Å². The molecule has 0 saturated heterocycles. The summed E-state index contributed by atoms with van der Waals surface area (Å²) in [6, 6.07) is 8.93. The molecule has 1 aromatic carbocycles. The van der Waals surface area contributed by atoms with Crippen molar-refractivity contribution in [3.63, 3.8) is 0 Å². The van der Waals surface area contributed by atoms with Gasteiger partial charge in [0.05, 0.1) is 5.41 Å². The van der Waals surface area contributed by atoms with Crippen LogP contribution in [0.5, 0.6) is 0 Å². The number of carboxylic acids is 1. The molecule has 0 aromatic heterocycles. The third-order valence-corrected chi connectivity index (χ3v) is 5.66. The van der Waals surface area contributed by atoms with E-state index in [9.17, 15) is 14.7 Å². The Morgan fingerprint density at radius 3 is 2.43 bits per heavy atom. The molecule has 1 aromatic rings. The van der Waals surface area contributed by atoms with Crippen LogP contribution >= 0.6 is 11.8 Å². The Kier molecular flexibility index (Phi) is 4.61. The molecule has 2 N–H and O–H groups in total. The smallest absolute Gasteiger partial charge is 0.314 e. The second kappa shape index (κ2) is 6.10. The summed E-state index contributed by atoms with van der Waals surface area (Å²) in [6.07, 6.45) is 4.23. The van der Waals surface area contributed by atoms with Crippen LogP contribution in [0.15, 0.2) is 30.3 Å². The molecule has 1 atom stereocenters. The van der Waals surface area contributed by atoms with Gasteiger partial charge in [-0.3, -0.25) is 9.59 Å². The molecule has 1 fully saturated rings. The van der Waals surface area contributed by atoms with Crippen LogP contribution < -0.4 is 5.32 Å². The SMILES string of the molecule is CSC1(CNC(=O)CC(C)(C(=O)O)c2ccccc2)CC1. The average Bonchev–Trinajstić information content (AvgIpc) is 3.26. The first kappa shape index (κ1) is 15.9. The lowest BCUT2D eigenvalue weighted by atomic mass is 9.79. The summed E-state index contributed by atoms with van der Waals surface area (Å²) in [6.45, 7) is 2.23. The van der Waals surface area contributed by atoms with Gasteiger partial charge in [0.2, 0.25) is 5.91 Å². The van der Waals surface area contributed by atoms with Gasteiger partial charge in [-0.25, -0.2) is 0 Å². The van der Waals surface area contributed by atoms with Crippen LogP contribution in [0, 0.1) is 0 Å². The zero-order valence-electron chi connectivity index (χ0n) is 12.4. The Morgan fingerprint density at radius 2 is 1.95 bits per heavy atom. The van der Waals surface area contributed by atoms with Crippen molar-refractivity contribution in [3.05, 3.63) is 35.9 Å². The number of carbonyl (C=O) groups is 2. The van der Waals surface area contributed by atoms with Crippen molar-refractivity contribution in [2.75, 3.05) is 12.8 Å². The minimum atomic E-state index is -1.19. The summed E-state index contributed by atoms with van der Waals surface area (Å²) < 4.78 is 0.183. The number of carbonyl (C=O) groups excluding carboxylic acids is 1. The van der Waals surface area contributed by atoms with Crippen molar-refractivity contribution in [2.24, 2.45) is 0 Å². The molecule has 0 radical (unpaired) electrons. The van der Waals surface area contributed by atoms with Gasteiger partial charge in [-0.1, -0.05) is 30.3 Å². The monoisotopic (exact) mass is 307 g/mol. The third-order valence-electron chi connectivity index (χ3n) is 4.25. The number of amides is 1. The summed E-state index contributed by atoms with van der Waals surface area (Å²) in [5.41, 5.74) is -0.542. The summed E-state index contributed by atoms with van der Waals surface area (Å²) in [5, 5.41) is 12.4. The fourth-order valence-electron chi connectivity index (χ4n) is 2.34. The van der Waals surface area contributed by atoms with E-state index in [0.717, 1.165) is 12.8 Å². The van der Waals surface area contributed by atoms with Crippen molar-refractivity contribution in [1.29, 1.82) is 0 Å². The second-order valence-corrected chi connectivity index (χ2v) is 7.12. The number of hydrogen-bond acceptors (Lipinski definition) is 3. The molecule has 1 aliphatic rings. The average molecular weight is 307 g/mol. The lowest BCUT2D eigenvalue weighted by Crippen LogP contribution is -2.40. The molecule has 0 spiro atoms. The fourth-order valence-corrected chi connectivity index (χ4v) is 3.07. The zero-order valence-corrected chi connectivity index (χ0v) is 13.2. The first-order chi connectivity index (χ1) is 9.92. The molecule has 21 heavy (non-hydrogen) atoms. The maximum Gasteiger partial charge on any atom is 0.314 e. The van der Waals surface area contributed by atoms with E-state index in [0.29, 0.717) is 12.1 Å². The van der Waals surface area contributed by atoms with E-state index in [4.69, 9.17) is 0 Å². The topological polar surface area (TPSA) is 66.4 Å². The van der Waals surface area contributed by atoms with Crippen LogP contribution in [0.2, 0.25) is 0 Å². The van der Waals surface area contributed by atoms with Crippen LogP contribution in [0.1, 0.15) is 31.7 Å².